The van der Waals surface area contributed by atoms with Crippen LogP contribution in [0.5, 0.6) is 0 Å². The predicted molar refractivity (Wildman–Crippen MR) is 83.1 cm³/mol. The fourth-order valence-electron chi connectivity index (χ4n) is 1.95. The van der Waals surface area contributed by atoms with Gasteiger partial charge in [-0.1, -0.05) is 0 Å². The average molecular weight is 296 g/mol. The van der Waals surface area contributed by atoms with Gasteiger partial charge in [0.1, 0.15) is 5.60 Å². The van der Waals surface area contributed by atoms with Crippen molar-refractivity contribution in [3.05, 3.63) is 18.0 Å². The number of carbonyl (C=O) groups excluding carboxylic acids is 1. The predicted octanol–water partition coefficient (Wildman–Crippen LogP) is 2.37. The van der Waals surface area contributed by atoms with Crippen LogP contribution in [-0.4, -0.2) is 33.6 Å². The molecule has 0 aliphatic carbocycles. The number of aryl methyl sites for hydroxylation is 1. The zero-order valence-electron chi connectivity index (χ0n) is 14.2. The van der Waals surface area contributed by atoms with Crippen molar-refractivity contribution in [2.45, 2.75) is 58.7 Å². The topological polar surface area (TPSA) is 68.2 Å². The van der Waals surface area contributed by atoms with Crippen molar-refractivity contribution in [3.63, 3.8) is 0 Å². The first kappa shape index (κ1) is 17.5. The molecule has 1 aromatic heterocycles. The monoisotopic (exact) mass is 296 g/mol. The zero-order chi connectivity index (χ0) is 16.3. The minimum absolute atomic E-state index is 0.150. The van der Waals surface area contributed by atoms with Crippen LogP contribution < -0.4 is 10.6 Å². The van der Waals surface area contributed by atoms with Crippen LogP contribution in [0.2, 0.25) is 0 Å². The van der Waals surface area contributed by atoms with E-state index in [2.05, 4.69) is 22.7 Å². The highest BCUT2D eigenvalue weighted by Crippen LogP contribution is 2.13. The Hall–Kier alpha value is -1.56. The lowest BCUT2D eigenvalue weighted by atomic mass is 10.1. The number of aromatic nitrogens is 2. The summed E-state index contributed by atoms with van der Waals surface area (Å²) in [7, 11) is 1.91. The minimum atomic E-state index is -0.490. The first-order valence-corrected chi connectivity index (χ1v) is 7.23. The summed E-state index contributed by atoms with van der Waals surface area (Å²) in [5.41, 5.74) is 0.202. The Morgan fingerprint density at radius 1 is 1.38 bits per heavy atom. The highest BCUT2D eigenvalue weighted by molar-refractivity contribution is 5.68. The lowest BCUT2D eigenvalue weighted by molar-refractivity contribution is 0.0471. The Morgan fingerprint density at radius 2 is 2.00 bits per heavy atom. The van der Waals surface area contributed by atoms with Gasteiger partial charge in [-0.15, -0.1) is 0 Å². The number of nitrogens with one attached hydrogen (secondary N) is 2. The van der Waals surface area contributed by atoms with Crippen molar-refractivity contribution in [3.8, 4) is 0 Å². The highest BCUT2D eigenvalue weighted by Gasteiger charge is 2.25. The standard InChI is InChI=1S/C15H28N4O2/c1-11(12-8-9-17-19(12)7)16-10-15(5,6)18-13(20)21-14(2,3)4/h8-9,11,16H,10H2,1-7H3,(H,18,20). The number of nitrogens with zero attached hydrogens (tertiary/aromatic N) is 2. The van der Waals surface area contributed by atoms with Gasteiger partial charge in [-0.05, 0) is 47.6 Å². The summed E-state index contributed by atoms with van der Waals surface area (Å²) in [4.78, 5) is 11.8. The Morgan fingerprint density at radius 3 is 2.48 bits per heavy atom. The molecular formula is C15H28N4O2. The van der Waals surface area contributed by atoms with Crippen LogP contribution in [0.25, 0.3) is 0 Å². The van der Waals surface area contributed by atoms with Crippen LogP contribution in [0, 0.1) is 0 Å². The molecule has 0 aliphatic heterocycles. The lowest BCUT2D eigenvalue weighted by Gasteiger charge is -2.30. The smallest absolute Gasteiger partial charge is 0.408 e. The summed E-state index contributed by atoms with van der Waals surface area (Å²) < 4.78 is 7.12. The van der Waals surface area contributed by atoms with Crippen molar-refractivity contribution in [1.82, 2.24) is 20.4 Å². The van der Waals surface area contributed by atoms with E-state index in [1.165, 1.54) is 0 Å². The van der Waals surface area contributed by atoms with Crippen LogP contribution in [0.3, 0.4) is 0 Å². The van der Waals surface area contributed by atoms with E-state index < -0.39 is 17.2 Å². The Balaban J connectivity index is 2.49. The fourth-order valence-corrected chi connectivity index (χ4v) is 1.95. The van der Waals surface area contributed by atoms with Gasteiger partial charge in [0.2, 0.25) is 0 Å². The number of carbonyl (C=O) groups is 1. The Bertz CT molecular complexity index is 474. The second kappa shape index (κ2) is 6.47. The van der Waals surface area contributed by atoms with Crippen molar-refractivity contribution >= 4 is 6.09 Å². The summed E-state index contributed by atoms with van der Waals surface area (Å²) >= 11 is 0. The lowest BCUT2D eigenvalue weighted by Crippen LogP contribution is -2.52. The van der Waals surface area contributed by atoms with Crippen LogP contribution >= 0.6 is 0 Å². The van der Waals surface area contributed by atoms with Gasteiger partial charge in [0.05, 0.1) is 11.2 Å². The number of alkyl carbamates (subject to hydrolysis) is 1. The minimum Gasteiger partial charge on any atom is -0.444 e. The molecule has 1 rings (SSSR count). The molecule has 0 fully saturated rings. The van der Waals surface area contributed by atoms with Gasteiger partial charge in [-0.25, -0.2) is 4.79 Å². The van der Waals surface area contributed by atoms with E-state index in [1.54, 1.807) is 6.20 Å². The number of ether oxygens (including phenoxy) is 1. The number of hydrogen-bond acceptors (Lipinski definition) is 4. The second-order valence-corrected chi connectivity index (χ2v) is 6.99. The van der Waals surface area contributed by atoms with E-state index in [9.17, 15) is 4.79 Å². The first-order chi connectivity index (χ1) is 9.50. The molecule has 2 N–H and O–H groups in total. The van der Waals surface area contributed by atoms with Crippen LogP contribution in [0.1, 0.15) is 53.3 Å². The third kappa shape index (κ3) is 6.16. The van der Waals surface area contributed by atoms with Crippen LogP contribution in [-0.2, 0) is 11.8 Å². The first-order valence-electron chi connectivity index (χ1n) is 7.23. The maximum Gasteiger partial charge on any atom is 0.408 e. The van der Waals surface area contributed by atoms with Crippen molar-refractivity contribution in [2.24, 2.45) is 7.05 Å². The summed E-state index contributed by atoms with van der Waals surface area (Å²) in [6, 6.07) is 2.13. The van der Waals surface area contributed by atoms with Crippen LogP contribution in [0.4, 0.5) is 4.79 Å². The Kier molecular flexibility index (Phi) is 5.39. The molecule has 0 aromatic carbocycles. The summed E-state index contributed by atoms with van der Waals surface area (Å²) in [5.74, 6) is 0. The van der Waals surface area contributed by atoms with Gasteiger partial charge in [0.15, 0.2) is 0 Å². The Labute approximate surface area is 127 Å². The molecule has 120 valence electrons. The summed E-state index contributed by atoms with van der Waals surface area (Å²) in [6.07, 6.45) is 1.37. The van der Waals surface area contributed by atoms with Gasteiger partial charge in [-0.3, -0.25) is 4.68 Å². The van der Waals surface area contributed by atoms with Gasteiger partial charge < -0.3 is 15.4 Å². The largest absolute Gasteiger partial charge is 0.444 e. The van der Waals surface area contributed by atoms with Gasteiger partial charge in [-0.2, -0.15) is 5.10 Å². The van der Waals surface area contributed by atoms with Crippen molar-refractivity contribution < 1.29 is 9.53 Å². The number of hydrogen-bond donors (Lipinski definition) is 2. The molecule has 21 heavy (non-hydrogen) atoms. The SMILES string of the molecule is CC(NCC(C)(C)NC(=O)OC(C)(C)C)c1ccnn1C. The third-order valence-corrected chi connectivity index (χ3v) is 2.99. The molecule has 6 nitrogen and oxygen atoms in total. The zero-order valence-corrected chi connectivity index (χ0v) is 14.2. The molecule has 0 bridgehead atoms. The maximum absolute atomic E-state index is 11.8. The summed E-state index contributed by atoms with van der Waals surface area (Å²) in [5, 5.41) is 10.4. The molecule has 1 unspecified atom stereocenters. The molecule has 0 radical (unpaired) electrons. The molecule has 0 aliphatic rings. The third-order valence-electron chi connectivity index (χ3n) is 2.99. The molecule has 0 saturated carbocycles. The molecule has 0 saturated heterocycles. The molecule has 6 heteroatoms. The van der Waals surface area contributed by atoms with Crippen molar-refractivity contribution in [2.75, 3.05) is 6.54 Å². The number of amides is 1. The second-order valence-electron chi connectivity index (χ2n) is 6.99. The van der Waals surface area contributed by atoms with Gasteiger partial charge in [0.25, 0.3) is 0 Å². The molecule has 1 amide bonds. The maximum atomic E-state index is 11.8. The van der Waals surface area contributed by atoms with E-state index in [1.807, 2.05) is 52.4 Å². The molecule has 1 heterocycles. The summed E-state index contributed by atoms with van der Waals surface area (Å²) in [6.45, 7) is 12.2. The number of rotatable bonds is 5. The van der Waals surface area contributed by atoms with E-state index in [0.717, 1.165) is 5.69 Å². The van der Waals surface area contributed by atoms with E-state index in [-0.39, 0.29) is 6.04 Å². The van der Waals surface area contributed by atoms with E-state index in [0.29, 0.717) is 6.54 Å². The van der Waals surface area contributed by atoms with Gasteiger partial charge in [0, 0.05) is 25.8 Å². The molecule has 1 atom stereocenters. The fraction of sp³-hybridized carbons (Fsp3) is 0.733. The van der Waals surface area contributed by atoms with Gasteiger partial charge >= 0.3 is 6.09 Å². The van der Waals surface area contributed by atoms with Crippen LogP contribution in [0.15, 0.2) is 12.3 Å². The molecule has 1 aromatic rings. The normalized spacial score (nSPS) is 13.9. The van der Waals surface area contributed by atoms with E-state index >= 15 is 0 Å². The highest BCUT2D eigenvalue weighted by atomic mass is 16.6. The quantitative estimate of drug-likeness (QED) is 0.875. The van der Waals surface area contributed by atoms with E-state index in [4.69, 9.17) is 4.74 Å². The molecule has 0 spiro atoms. The average Bonchev–Trinajstić information content (AvgIpc) is 2.69. The molecular weight excluding hydrogens is 268 g/mol. The van der Waals surface area contributed by atoms with Crippen molar-refractivity contribution in [1.29, 1.82) is 0 Å².